The van der Waals surface area contributed by atoms with E-state index in [9.17, 15) is 9.59 Å². The highest BCUT2D eigenvalue weighted by molar-refractivity contribution is 5.96. The summed E-state index contributed by atoms with van der Waals surface area (Å²) >= 11 is 0. The van der Waals surface area contributed by atoms with Crippen LogP contribution in [0.4, 0.5) is 5.69 Å². The van der Waals surface area contributed by atoms with Gasteiger partial charge in [0, 0.05) is 24.5 Å². The number of aromatic amines is 1. The van der Waals surface area contributed by atoms with E-state index < -0.39 is 0 Å². The lowest BCUT2D eigenvalue weighted by Crippen LogP contribution is -2.46. The fourth-order valence-corrected chi connectivity index (χ4v) is 12.1. The van der Waals surface area contributed by atoms with Crippen molar-refractivity contribution in [3.05, 3.63) is 155 Å². The minimum Gasteiger partial charge on any atom is -0.358 e. The number of anilines is 1. The molecule has 9 nitrogen and oxygen atoms in total. The van der Waals surface area contributed by atoms with Gasteiger partial charge in [-0.25, -0.2) is 4.98 Å². The fraction of sp³-hybridized carbons (Fsp3) is 0.448. The molecule has 2 amide bonds. The monoisotopic (exact) mass is 896 g/mol. The van der Waals surface area contributed by atoms with Gasteiger partial charge in [0.25, 0.3) is 0 Å². The van der Waals surface area contributed by atoms with Crippen molar-refractivity contribution >= 4 is 34.4 Å². The van der Waals surface area contributed by atoms with Gasteiger partial charge >= 0.3 is 0 Å². The van der Waals surface area contributed by atoms with Crippen LogP contribution in [0.5, 0.6) is 0 Å². The van der Waals surface area contributed by atoms with Gasteiger partial charge in [-0.2, -0.15) is 0 Å². The molecule has 10 rings (SSSR count). The molecular weight excluding hydrogens is 827 g/mol. The summed E-state index contributed by atoms with van der Waals surface area (Å²) in [5, 5.41) is 3.73. The Hall–Kier alpha value is -5.96. The van der Waals surface area contributed by atoms with Crippen LogP contribution in [0.2, 0.25) is 0 Å². The third-order valence-corrected chi connectivity index (χ3v) is 15.5. The van der Waals surface area contributed by atoms with Crippen molar-refractivity contribution < 1.29 is 9.59 Å². The molecule has 2 N–H and O–H groups in total. The molecule has 5 aliphatic rings. The third-order valence-electron chi connectivity index (χ3n) is 15.5. The average molecular weight is 896 g/mol. The third kappa shape index (κ3) is 8.64. The minimum absolute atomic E-state index is 0.0112. The Kier molecular flexibility index (Phi) is 12.2. The van der Waals surface area contributed by atoms with Gasteiger partial charge in [-0.1, -0.05) is 133 Å². The molecule has 1 aromatic heterocycles. The number of likely N-dealkylation sites (tertiary alicyclic amines) is 2. The van der Waals surface area contributed by atoms with Crippen molar-refractivity contribution in [2.75, 3.05) is 18.0 Å². The molecule has 67 heavy (non-hydrogen) atoms. The lowest BCUT2D eigenvalue weighted by atomic mass is 9.87. The number of imidazole rings is 1. The van der Waals surface area contributed by atoms with Crippen LogP contribution in [0.15, 0.2) is 132 Å². The number of nitrogens with one attached hydrogen (secondary N) is 2. The van der Waals surface area contributed by atoms with Crippen LogP contribution in [0, 0.1) is 11.8 Å². The van der Waals surface area contributed by atoms with Gasteiger partial charge in [0.05, 0.1) is 53.1 Å². The molecule has 5 heterocycles. The first kappa shape index (κ1) is 44.9. The molecular formula is C58H69N7O2. The van der Waals surface area contributed by atoms with E-state index in [0.717, 1.165) is 97.6 Å². The van der Waals surface area contributed by atoms with Gasteiger partial charge in [-0.15, -0.1) is 0 Å². The number of allylic oxidation sites excluding steroid dienone is 2. The van der Waals surface area contributed by atoms with Crippen molar-refractivity contribution in [2.45, 2.75) is 141 Å². The predicted octanol–water partition coefficient (Wildman–Crippen LogP) is 11.7. The number of aliphatic imine (C=N–C) groups is 1. The summed E-state index contributed by atoms with van der Waals surface area (Å²) in [7, 11) is 0. The molecule has 7 atom stereocenters. The Morgan fingerprint density at radius 2 is 1.27 bits per heavy atom. The molecule has 348 valence electrons. The van der Waals surface area contributed by atoms with Crippen LogP contribution in [-0.2, 0) is 15.0 Å². The maximum absolute atomic E-state index is 14.3. The number of amides is 2. The van der Waals surface area contributed by atoms with Gasteiger partial charge < -0.3 is 25.0 Å². The number of fused-ring (bicyclic) bond motifs is 2. The first-order chi connectivity index (χ1) is 32.3. The fourth-order valence-electron chi connectivity index (χ4n) is 12.1. The van der Waals surface area contributed by atoms with E-state index in [1.165, 1.54) is 22.4 Å². The maximum Gasteiger partial charge on any atom is 0.230 e. The van der Waals surface area contributed by atoms with Gasteiger partial charge in [-0.3, -0.25) is 14.6 Å². The summed E-state index contributed by atoms with van der Waals surface area (Å²) in [5.41, 5.74) is 10.5. The molecule has 0 spiro atoms. The van der Waals surface area contributed by atoms with Crippen molar-refractivity contribution in [1.82, 2.24) is 25.1 Å². The second-order valence-corrected chi connectivity index (χ2v) is 21.6. The normalized spacial score (nSPS) is 23.9. The van der Waals surface area contributed by atoms with E-state index in [1.54, 1.807) is 0 Å². The van der Waals surface area contributed by atoms with E-state index in [0.29, 0.717) is 0 Å². The molecule has 4 aromatic carbocycles. The number of rotatable bonds is 11. The van der Waals surface area contributed by atoms with E-state index in [4.69, 9.17) is 9.98 Å². The van der Waals surface area contributed by atoms with Gasteiger partial charge in [-0.05, 0) is 120 Å². The first-order valence-corrected chi connectivity index (χ1v) is 25.2. The number of H-pyrrole nitrogens is 1. The van der Waals surface area contributed by atoms with E-state index in [2.05, 4.69) is 152 Å². The van der Waals surface area contributed by atoms with Gasteiger partial charge in [0.1, 0.15) is 11.7 Å². The van der Waals surface area contributed by atoms with Crippen LogP contribution in [0.3, 0.4) is 0 Å². The number of aromatic nitrogens is 2. The summed E-state index contributed by atoms with van der Waals surface area (Å²) < 4.78 is 0. The number of nitrogens with zero attached hydrogens (tertiary/aromatic N) is 5. The van der Waals surface area contributed by atoms with Crippen LogP contribution < -0.4 is 10.2 Å². The van der Waals surface area contributed by atoms with Gasteiger partial charge in [0.2, 0.25) is 11.8 Å². The predicted molar refractivity (Wildman–Crippen MR) is 271 cm³/mol. The highest BCUT2D eigenvalue weighted by Gasteiger charge is 2.43. The highest BCUT2D eigenvalue weighted by atomic mass is 16.2. The van der Waals surface area contributed by atoms with Gasteiger partial charge in [0.15, 0.2) is 0 Å². The zero-order valence-corrected chi connectivity index (χ0v) is 40.6. The zero-order chi connectivity index (χ0) is 46.6. The Bertz CT molecular complexity index is 2690. The van der Waals surface area contributed by atoms with Crippen LogP contribution in [0.25, 0.3) is 11.0 Å². The number of hydrogen-bond donors (Lipinski definition) is 2. The first-order valence-electron chi connectivity index (χ1n) is 25.2. The maximum atomic E-state index is 14.3. The van der Waals surface area contributed by atoms with Crippen molar-refractivity contribution in [3.63, 3.8) is 0 Å². The average Bonchev–Trinajstić information content (AvgIpc) is 4.18. The Balaban J connectivity index is 0.907. The summed E-state index contributed by atoms with van der Waals surface area (Å²) in [5.74, 6) is 2.24. The Morgan fingerprint density at radius 1 is 0.672 bits per heavy atom. The molecule has 9 heteroatoms. The van der Waals surface area contributed by atoms with Crippen molar-refractivity contribution in [2.24, 2.45) is 16.8 Å². The largest absolute Gasteiger partial charge is 0.358 e. The molecule has 3 saturated heterocycles. The van der Waals surface area contributed by atoms with Crippen molar-refractivity contribution in [3.8, 4) is 0 Å². The van der Waals surface area contributed by atoms with Crippen LogP contribution in [-0.4, -0.2) is 68.6 Å². The zero-order valence-electron chi connectivity index (χ0n) is 40.6. The molecule has 0 radical (unpaired) electrons. The molecule has 3 unspecified atom stereocenters. The summed E-state index contributed by atoms with van der Waals surface area (Å²) in [6, 6.07) is 36.8. The number of carbonyl (C=O) groups excluding carboxylic acids is 2. The van der Waals surface area contributed by atoms with E-state index >= 15 is 0 Å². The number of benzene rings is 4. The lowest BCUT2D eigenvalue weighted by molar-refractivity contribution is -0.135. The number of hydrogen-bond acceptors (Lipinski definition) is 6. The second-order valence-electron chi connectivity index (χ2n) is 21.6. The van der Waals surface area contributed by atoms with E-state index in [-0.39, 0.29) is 71.1 Å². The molecule has 0 saturated carbocycles. The molecule has 3 fully saturated rings. The second kappa shape index (κ2) is 18.3. The molecule has 4 aliphatic heterocycles. The van der Waals surface area contributed by atoms with Crippen LogP contribution >= 0.6 is 0 Å². The van der Waals surface area contributed by atoms with E-state index in [1.807, 2.05) is 36.4 Å². The Morgan fingerprint density at radius 3 is 1.88 bits per heavy atom. The molecule has 5 aromatic rings. The standard InChI is InChI=1S/C58H69N7O2/c1-36(2)52(38-16-10-8-11-17-38)56(66)63-32-14-20-50(63)54-59-44-28-22-40(34-46(44)61-54)48-30-31-49(65(48)43-26-24-42(25-27-43)58(5,6)7)41-23-29-45-47(35-41)62-55(60-45)51-21-15-33-64(51)57(67)53(37(3)4)39-18-12-9-13-19-39/h8-13,16-19,22-29,34,36-37,47-53H,14-15,20-21,30-33,35H2,1-7H3,(H,59,61)(H,60,62)/t47?,48-,49-,50+,51+,52?,53?/m1/s1. The summed E-state index contributed by atoms with van der Waals surface area (Å²) in [4.78, 5) is 49.8. The Labute approximate surface area is 397 Å². The summed E-state index contributed by atoms with van der Waals surface area (Å²) in [6.45, 7) is 16.9. The quantitative estimate of drug-likeness (QED) is 0.138. The van der Waals surface area contributed by atoms with Crippen LogP contribution in [0.1, 0.15) is 145 Å². The number of carbonyl (C=O) groups is 2. The number of amidine groups is 1. The van der Waals surface area contributed by atoms with Crippen molar-refractivity contribution in [1.29, 1.82) is 0 Å². The highest BCUT2D eigenvalue weighted by Crippen LogP contribution is 2.46. The summed E-state index contributed by atoms with van der Waals surface area (Å²) in [6.07, 6.45) is 11.3. The SMILES string of the molecule is CC(C)C(C(=O)N1CCC[C@H]1C1=NC2CC([C@H]3CC[C@H](c4ccc5nc([C@@H]6CCCN6C(=O)C(c6ccccc6)C(C)C)[nH]c5c4)N3c3ccc(C(C)(C)C)cc3)=CC=C2N1)c1ccccc1. The molecule has 1 aliphatic carbocycles. The molecule has 0 bridgehead atoms. The lowest BCUT2D eigenvalue weighted by Gasteiger charge is -2.36. The minimum atomic E-state index is -0.187. The smallest absolute Gasteiger partial charge is 0.230 e. The topological polar surface area (TPSA) is 96.9 Å².